The van der Waals surface area contributed by atoms with Crippen LogP contribution in [0.15, 0.2) is 24.5 Å². The van der Waals surface area contributed by atoms with Crippen molar-refractivity contribution in [2.24, 2.45) is 0 Å². The van der Waals surface area contributed by atoms with Crippen LogP contribution in [0, 0.1) is 0 Å². The Labute approximate surface area is 84.3 Å². The van der Waals surface area contributed by atoms with Gasteiger partial charge in [0.05, 0.1) is 0 Å². The van der Waals surface area contributed by atoms with E-state index in [9.17, 15) is 0 Å². The molecule has 0 aliphatic carbocycles. The first-order valence-electron chi connectivity index (χ1n) is 4.61. The Bertz CT molecular complexity index is 226. The second kappa shape index (κ2) is 5.81. The van der Waals surface area contributed by atoms with Crippen LogP contribution >= 0.6 is 11.6 Å². The van der Waals surface area contributed by atoms with Gasteiger partial charge in [-0.05, 0) is 25.0 Å². The number of halogens is 1. The van der Waals surface area contributed by atoms with Crippen LogP contribution in [0.5, 0.6) is 0 Å². The van der Waals surface area contributed by atoms with E-state index in [0.29, 0.717) is 0 Å². The second-order valence-electron chi connectivity index (χ2n) is 2.96. The third-order valence-corrected chi connectivity index (χ3v) is 2.44. The average Bonchev–Trinajstić information content (AvgIpc) is 2.19. The van der Waals surface area contributed by atoms with Gasteiger partial charge >= 0.3 is 0 Å². The molecule has 0 aromatic carbocycles. The monoisotopic (exact) mass is 198 g/mol. The number of hydrogen-bond acceptors (Lipinski definition) is 2. The lowest BCUT2D eigenvalue weighted by Crippen LogP contribution is -2.07. The van der Waals surface area contributed by atoms with Crippen molar-refractivity contribution in [2.45, 2.75) is 25.1 Å². The van der Waals surface area contributed by atoms with Crippen LogP contribution in [-0.2, 0) is 0 Å². The van der Waals surface area contributed by atoms with Crippen molar-refractivity contribution in [3.8, 4) is 0 Å². The zero-order valence-electron chi connectivity index (χ0n) is 7.83. The molecule has 1 aromatic rings. The summed E-state index contributed by atoms with van der Waals surface area (Å²) in [6.45, 7) is 3.02. The van der Waals surface area contributed by atoms with Crippen LogP contribution in [0.4, 0.5) is 5.69 Å². The summed E-state index contributed by atoms with van der Waals surface area (Å²) < 4.78 is 0. The lowest BCUT2D eigenvalue weighted by atomic mass is 10.2. The SMILES string of the molecule is CCC(Cl)CCNc1ccncc1. The number of nitrogens with zero attached hydrogens (tertiary/aromatic N) is 1. The molecule has 0 fully saturated rings. The number of hydrogen-bond donors (Lipinski definition) is 1. The number of nitrogens with one attached hydrogen (secondary N) is 1. The fourth-order valence-corrected chi connectivity index (χ4v) is 1.16. The summed E-state index contributed by atoms with van der Waals surface area (Å²) in [5, 5.41) is 3.57. The molecule has 0 spiro atoms. The predicted octanol–water partition coefficient (Wildman–Crippen LogP) is 2.90. The number of rotatable bonds is 5. The minimum Gasteiger partial charge on any atom is -0.385 e. The van der Waals surface area contributed by atoms with Crippen LogP contribution in [-0.4, -0.2) is 16.9 Å². The predicted molar refractivity (Wildman–Crippen MR) is 57.3 cm³/mol. The van der Waals surface area contributed by atoms with Crippen LogP contribution in [0.25, 0.3) is 0 Å². The Kier molecular flexibility index (Phi) is 4.61. The maximum Gasteiger partial charge on any atom is 0.0371 e. The molecule has 0 amide bonds. The summed E-state index contributed by atoms with van der Waals surface area (Å²) in [6.07, 6.45) is 5.58. The number of anilines is 1. The van der Waals surface area contributed by atoms with Crippen molar-refractivity contribution in [1.29, 1.82) is 0 Å². The molecule has 0 saturated carbocycles. The smallest absolute Gasteiger partial charge is 0.0371 e. The molecule has 72 valence electrons. The van der Waals surface area contributed by atoms with Gasteiger partial charge in [0.1, 0.15) is 0 Å². The molecule has 1 heterocycles. The molecule has 0 bridgehead atoms. The molecular formula is C10H15ClN2. The van der Waals surface area contributed by atoms with Crippen molar-refractivity contribution in [3.05, 3.63) is 24.5 Å². The highest BCUT2D eigenvalue weighted by molar-refractivity contribution is 6.20. The number of aromatic nitrogens is 1. The highest BCUT2D eigenvalue weighted by Gasteiger charge is 1.99. The van der Waals surface area contributed by atoms with Gasteiger partial charge in [-0.3, -0.25) is 4.98 Å². The first-order chi connectivity index (χ1) is 6.33. The summed E-state index contributed by atoms with van der Waals surface area (Å²) in [6, 6.07) is 3.91. The van der Waals surface area contributed by atoms with Gasteiger partial charge in [-0.2, -0.15) is 0 Å². The van der Waals surface area contributed by atoms with Gasteiger partial charge in [0.25, 0.3) is 0 Å². The van der Waals surface area contributed by atoms with Gasteiger partial charge < -0.3 is 5.32 Å². The standard InChI is InChI=1S/C10H15ClN2/c1-2-9(11)3-8-13-10-4-6-12-7-5-10/h4-7,9H,2-3,8H2,1H3,(H,12,13). The molecule has 13 heavy (non-hydrogen) atoms. The van der Waals surface area contributed by atoms with Gasteiger partial charge in [0.2, 0.25) is 0 Å². The Morgan fingerprint density at radius 1 is 1.46 bits per heavy atom. The summed E-state index contributed by atoms with van der Waals surface area (Å²) >= 11 is 5.98. The Morgan fingerprint density at radius 3 is 2.77 bits per heavy atom. The fourth-order valence-electron chi connectivity index (χ4n) is 1.05. The van der Waals surface area contributed by atoms with Crippen LogP contribution in [0.1, 0.15) is 19.8 Å². The highest BCUT2D eigenvalue weighted by Crippen LogP contribution is 2.08. The molecular weight excluding hydrogens is 184 g/mol. The maximum absolute atomic E-state index is 5.98. The highest BCUT2D eigenvalue weighted by atomic mass is 35.5. The van der Waals surface area contributed by atoms with E-state index in [-0.39, 0.29) is 5.38 Å². The normalized spacial score (nSPS) is 12.5. The molecule has 0 saturated heterocycles. The average molecular weight is 199 g/mol. The molecule has 1 rings (SSSR count). The Balaban J connectivity index is 2.20. The van der Waals surface area contributed by atoms with E-state index in [2.05, 4.69) is 17.2 Å². The zero-order valence-corrected chi connectivity index (χ0v) is 8.59. The van der Waals surface area contributed by atoms with Crippen LogP contribution in [0.2, 0.25) is 0 Å². The molecule has 0 aliphatic heterocycles. The zero-order chi connectivity index (χ0) is 9.52. The number of alkyl halides is 1. The summed E-state index contributed by atoms with van der Waals surface area (Å²) in [4.78, 5) is 3.94. The summed E-state index contributed by atoms with van der Waals surface area (Å²) in [5.74, 6) is 0. The molecule has 2 nitrogen and oxygen atoms in total. The Hall–Kier alpha value is -0.760. The van der Waals surface area contributed by atoms with E-state index < -0.39 is 0 Å². The molecule has 1 unspecified atom stereocenters. The van der Waals surface area contributed by atoms with Crippen molar-refractivity contribution in [3.63, 3.8) is 0 Å². The molecule has 1 aromatic heterocycles. The quantitative estimate of drug-likeness (QED) is 0.736. The third-order valence-electron chi connectivity index (χ3n) is 1.91. The van der Waals surface area contributed by atoms with Crippen molar-refractivity contribution < 1.29 is 0 Å². The van der Waals surface area contributed by atoms with Crippen molar-refractivity contribution in [2.75, 3.05) is 11.9 Å². The van der Waals surface area contributed by atoms with E-state index in [1.54, 1.807) is 12.4 Å². The summed E-state index contributed by atoms with van der Waals surface area (Å²) in [7, 11) is 0. The van der Waals surface area contributed by atoms with Gasteiger partial charge in [-0.1, -0.05) is 6.92 Å². The van der Waals surface area contributed by atoms with E-state index in [1.165, 1.54) is 0 Å². The van der Waals surface area contributed by atoms with Crippen LogP contribution < -0.4 is 5.32 Å². The molecule has 1 N–H and O–H groups in total. The topological polar surface area (TPSA) is 24.9 Å². The van der Waals surface area contributed by atoms with E-state index in [0.717, 1.165) is 25.1 Å². The van der Waals surface area contributed by atoms with E-state index in [4.69, 9.17) is 11.6 Å². The lowest BCUT2D eigenvalue weighted by molar-refractivity contribution is 0.753. The third kappa shape index (κ3) is 4.13. The van der Waals surface area contributed by atoms with Gasteiger partial charge in [-0.15, -0.1) is 11.6 Å². The van der Waals surface area contributed by atoms with E-state index in [1.807, 2.05) is 12.1 Å². The van der Waals surface area contributed by atoms with Gasteiger partial charge in [-0.25, -0.2) is 0 Å². The largest absolute Gasteiger partial charge is 0.385 e. The minimum absolute atomic E-state index is 0.286. The lowest BCUT2D eigenvalue weighted by Gasteiger charge is -2.08. The van der Waals surface area contributed by atoms with Crippen molar-refractivity contribution in [1.82, 2.24) is 4.98 Å². The minimum atomic E-state index is 0.286. The molecule has 1 atom stereocenters. The fraction of sp³-hybridized carbons (Fsp3) is 0.500. The number of pyridine rings is 1. The van der Waals surface area contributed by atoms with Gasteiger partial charge in [0.15, 0.2) is 0 Å². The Morgan fingerprint density at radius 2 is 2.15 bits per heavy atom. The van der Waals surface area contributed by atoms with Crippen molar-refractivity contribution >= 4 is 17.3 Å². The van der Waals surface area contributed by atoms with E-state index >= 15 is 0 Å². The molecule has 3 heteroatoms. The summed E-state index contributed by atoms with van der Waals surface area (Å²) in [5.41, 5.74) is 1.11. The molecule has 0 aliphatic rings. The molecule has 0 radical (unpaired) electrons. The van der Waals surface area contributed by atoms with Crippen LogP contribution in [0.3, 0.4) is 0 Å². The first-order valence-corrected chi connectivity index (χ1v) is 5.04. The van der Waals surface area contributed by atoms with Gasteiger partial charge in [0, 0.05) is 30.0 Å². The second-order valence-corrected chi connectivity index (χ2v) is 3.57. The first kappa shape index (κ1) is 10.3. The maximum atomic E-state index is 5.98.